The summed E-state index contributed by atoms with van der Waals surface area (Å²) in [6.45, 7) is 3.93. The number of carbonyl (C=O) groups excluding carboxylic acids is 1. The number of ether oxygens (including phenoxy) is 3. The maximum absolute atomic E-state index is 11.6. The van der Waals surface area contributed by atoms with Gasteiger partial charge in [0.15, 0.2) is 11.5 Å². The van der Waals surface area contributed by atoms with Gasteiger partial charge in [-0.15, -0.1) is 0 Å². The summed E-state index contributed by atoms with van der Waals surface area (Å²) in [6.07, 6.45) is 0. The minimum atomic E-state index is -0.625. The molecule has 5 heteroatoms. The Hall–Kier alpha value is -1.75. The first-order valence-electron chi connectivity index (χ1n) is 5.45. The van der Waals surface area contributed by atoms with Gasteiger partial charge in [0.25, 0.3) is 0 Å². The average Bonchev–Trinajstić information content (AvgIpc) is 2.74. The van der Waals surface area contributed by atoms with E-state index in [0.717, 1.165) is 0 Å². The first kappa shape index (κ1) is 11.7. The van der Waals surface area contributed by atoms with Gasteiger partial charge in [-0.1, -0.05) is 13.8 Å². The summed E-state index contributed by atoms with van der Waals surface area (Å²) in [7, 11) is 0. The van der Waals surface area contributed by atoms with Crippen LogP contribution in [0.15, 0.2) is 18.2 Å². The van der Waals surface area contributed by atoms with Crippen molar-refractivity contribution >= 4 is 5.97 Å². The molecule has 0 spiro atoms. The third kappa shape index (κ3) is 2.50. The molecule has 0 aliphatic carbocycles. The molecule has 2 rings (SSSR count). The van der Waals surface area contributed by atoms with Crippen LogP contribution >= 0.6 is 0 Å². The van der Waals surface area contributed by atoms with E-state index in [1.807, 2.05) is 13.8 Å². The molecule has 0 saturated heterocycles. The summed E-state index contributed by atoms with van der Waals surface area (Å²) >= 11 is 0. The topological polar surface area (TPSA) is 70.8 Å². The molecule has 92 valence electrons. The monoisotopic (exact) mass is 237 g/mol. The van der Waals surface area contributed by atoms with Crippen LogP contribution in [0.3, 0.4) is 0 Å². The molecule has 1 aromatic carbocycles. The Bertz CT molecular complexity index is 431. The van der Waals surface area contributed by atoms with Crippen molar-refractivity contribution in [2.45, 2.75) is 19.9 Å². The summed E-state index contributed by atoms with van der Waals surface area (Å²) in [6, 6.07) is 4.35. The van der Waals surface area contributed by atoms with Gasteiger partial charge in [-0.25, -0.2) is 4.79 Å². The first-order valence-corrected chi connectivity index (χ1v) is 5.45. The fourth-order valence-corrected chi connectivity index (χ4v) is 1.40. The Morgan fingerprint density at radius 2 is 2.06 bits per heavy atom. The van der Waals surface area contributed by atoms with Crippen LogP contribution in [0.1, 0.15) is 13.8 Å². The molecule has 2 N–H and O–H groups in total. The van der Waals surface area contributed by atoms with Gasteiger partial charge >= 0.3 is 5.97 Å². The number of rotatable bonds is 3. The molecule has 0 fully saturated rings. The highest BCUT2D eigenvalue weighted by atomic mass is 16.7. The molecule has 1 aliphatic rings. The van der Waals surface area contributed by atoms with E-state index in [4.69, 9.17) is 19.9 Å². The van der Waals surface area contributed by atoms with Gasteiger partial charge in [-0.2, -0.15) is 0 Å². The second kappa shape index (κ2) is 4.63. The van der Waals surface area contributed by atoms with Crippen LogP contribution in [-0.2, 0) is 4.79 Å². The Morgan fingerprint density at radius 1 is 1.35 bits per heavy atom. The zero-order valence-corrected chi connectivity index (χ0v) is 9.80. The lowest BCUT2D eigenvalue weighted by molar-refractivity contribution is -0.136. The number of hydrogen-bond acceptors (Lipinski definition) is 5. The van der Waals surface area contributed by atoms with Crippen molar-refractivity contribution < 1.29 is 19.0 Å². The lowest BCUT2D eigenvalue weighted by Crippen LogP contribution is -2.38. The van der Waals surface area contributed by atoms with Crippen LogP contribution < -0.4 is 19.9 Å². The van der Waals surface area contributed by atoms with E-state index in [9.17, 15) is 4.79 Å². The molecule has 17 heavy (non-hydrogen) atoms. The van der Waals surface area contributed by atoms with Crippen molar-refractivity contribution in [3.05, 3.63) is 18.2 Å². The lowest BCUT2D eigenvalue weighted by Gasteiger charge is -2.14. The molecule has 0 saturated carbocycles. The SMILES string of the molecule is CC(C)C(N)C(=O)Oc1ccc2c(c1)OCO2. The maximum atomic E-state index is 11.6. The van der Waals surface area contributed by atoms with Crippen molar-refractivity contribution in [1.82, 2.24) is 0 Å². The summed E-state index contributed by atoms with van der Waals surface area (Å²) in [5, 5.41) is 0. The molecule has 1 aromatic rings. The van der Waals surface area contributed by atoms with Gasteiger partial charge in [-0.3, -0.25) is 0 Å². The largest absolute Gasteiger partial charge is 0.454 e. The quantitative estimate of drug-likeness (QED) is 0.634. The number of nitrogens with two attached hydrogens (primary N) is 1. The first-order chi connectivity index (χ1) is 8.08. The molecular weight excluding hydrogens is 222 g/mol. The number of carbonyl (C=O) groups is 1. The molecule has 5 nitrogen and oxygen atoms in total. The summed E-state index contributed by atoms with van der Waals surface area (Å²) < 4.78 is 15.5. The van der Waals surface area contributed by atoms with Crippen LogP contribution in [0.4, 0.5) is 0 Å². The van der Waals surface area contributed by atoms with E-state index in [0.29, 0.717) is 17.2 Å². The van der Waals surface area contributed by atoms with Gasteiger partial charge in [0, 0.05) is 6.07 Å². The molecule has 1 heterocycles. The molecule has 1 unspecified atom stereocenters. The predicted molar refractivity (Wildman–Crippen MR) is 61.0 cm³/mol. The van der Waals surface area contributed by atoms with Crippen molar-refractivity contribution in [1.29, 1.82) is 0 Å². The highest BCUT2D eigenvalue weighted by Gasteiger charge is 2.21. The number of fused-ring (bicyclic) bond motifs is 1. The molecule has 1 aliphatic heterocycles. The van der Waals surface area contributed by atoms with Gasteiger partial charge in [0.1, 0.15) is 11.8 Å². The Kier molecular flexibility index (Phi) is 3.19. The van der Waals surface area contributed by atoms with Crippen LogP contribution in [0.5, 0.6) is 17.2 Å². The Balaban J connectivity index is 2.07. The van der Waals surface area contributed by atoms with Crippen molar-refractivity contribution in [3.63, 3.8) is 0 Å². The van der Waals surface area contributed by atoms with Gasteiger partial charge in [0.2, 0.25) is 6.79 Å². The lowest BCUT2D eigenvalue weighted by atomic mass is 10.1. The maximum Gasteiger partial charge on any atom is 0.328 e. The van der Waals surface area contributed by atoms with E-state index in [1.165, 1.54) is 0 Å². The Labute approximate surface area is 99.5 Å². The van der Waals surface area contributed by atoms with E-state index in [2.05, 4.69) is 0 Å². The van der Waals surface area contributed by atoms with E-state index < -0.39 is 12.0 Å². The molecule has 0 bridgehead atoms. The van der Waals surface area contributed by atoms with Gasteiger partial charge < -0.3 is 19.9 Å². The van der Waals surface area contributed by atoms with Crippen LogP contribution in [0.2, 0.25) is 0 Å². The molecule has 0 aromatic heterocycles. The highest BCUT2D eigenvalue weighted by molar-refractivity contribution is 5.78. The third-order valence-corrected chi connectivity index (χ3v) is 2.55. The summed E-state index contributed by atoms with van der Waals surface area (Å²) in [4.78, 5) is 11.6. The fourth-order valence-electron chi connectivity index (χ4n) is 1.40. The van der Waals surface area contributed by atoms with Crippen molar-refractivity contribution in [2.75, 3.05) is 6.79 Å². The number of esters is 1. The summed E-state index contributed by atoms with van der Waals surface area (Å²) in [5.74, 6) is 1.23. The van der Waals surface area contributed by atoms with Crippen LogP contribution in [0, 0.1) is 5.92 Å². The van der Waals surface area contributed by atoms with Crippen molar-refractivity contribution in [2.24, 2.45) is 11.7 Å². The normalized spacial score (nSPS) is 14.8. The number of benzene rings is 1. The van der Waals surface area contributed by atoms with Gasteiger partial charge in [0.05, 0.1) is 0 Å². The minimum absolute atomic E-state index is 0.0384. The molecular formula is C12H15NO4. The zero-order valence-electron chi connectivity index (χ0n) is 9.80. The fraction of sp³-hybridized carbons (Fsp3) is 0.417. The van der Waals surface area contributed by atoms with E-state index in [1.54, 1.807) is 18.2 Å². The smallest absolute Gasteiger partial charge is 0.328 e. The third-order valence-electron chi connectivity index (χ3n) is 2.55. The predicted octanol–water partition coefficient (Wildman–Crippen LogP) is 1.30. The van der Waals surface area contributed by atoms with Crippen LogP contribution in [-0.4, -0.2) is 18.8 Å². The average molecular weight is 237 g/mol. The van der Waals surface area contributed by atoms with Crippen LogP contribution in [0.25, 0.3) is 0 Å². The summed E-state index contributed by atoms with van der Waals surface area (Å²) in [5.41, 5.74) is 5.69. The molecule has 1 atom stereocenters. The molecule has 0 radical (unpaired) electrons. The van der Waals surface area contributed by atoms with E-state index >= 15 is 0 Å². The standard InChI is InChI=1S/C12H15NO4/c1-7(2)11(13)12(14)17-8-3-4-9-10(5-8)16-6-15-9/h3-5,7,11H,6,13H2,1-2H3. The molecule has 0 amide bonds. The van der Waals surface area contributed by atoms with Gasteiger partial charge in [-0.05, 0) is 18.1 Å². The highest BCUT2D eigenvalue weighted by Crippen LogP contribution is 2.35. The Morgan fingerprint density at radius 3 is 2.76 bits per heavy atom. The number of hydrogen-bond donors (Lipinski definition) is 1. The van der Waals surface area contributed by atoms with Crippen molar-refractivity contribution in [3.8, 4) is 17.2 Å². The van der Waals surface area contributed by atoms with E-state index in [-0.39, 0.29) is 12.7 Å². The zero-order chi connectivity index (χ0) is 12.4. The minimum Gasteiger partial charge on any atom is -0.454 e. The second-order valence-electron chi connectivity index (χ2n) is 4.21. The second-order valence-corrected chi connectivity index (χ2v) is 4.21.